The quantitative estimate of drug-likeness (QED) is 0.715. The smallest absolute Gasteiger partial charge is 0.226 e. The van der Waals surface area contributed by atoms with Crippen molar-refractivity contribution in [3.8, 4) is 0 Å². The van der Waals surface area contributed by atoms with Gasteiger partial charge in [0.2, 0.25) is 5.91 Å². The second-order valence-electron chi connectivity index (χ2n) is 3.15. The molecule has 0 unspecified atom stereocenters. The maximum absolute atomic E-state index is 11.3. The normalized spacial score (nSPS) is 12.1. The van der Waals surface area contributed by atoms with Crippen molar-refractivity contribution >= 4 is 5.91 Å². The molecule has 0 aliphatic rings. The molecule has 0 bridgehead atoms. The van der Waals surface area contributed by atoms with Crippen LogP contribution < -0.4 is 5.32 Å². The van der Waals surface area contributed by atoms with E-state index in [2.05, 4.69) is 10.3 Å². The van der Waals surface area contributed by atoms with Gasteiger partial charge >= 0.3 is 0 Å². The van der Waals surface area contributed by atoms with E-state index >= 15 is 0 Å². The van der Waals surface area contributed by atoms with Crippen LogP contribution >= 0.6 is 0 Å². The van der Waals surface area contributed by atoms with Crippen molar-refractivity contribution in [3.05, 3.63) is 30.1 Å². The Morgan fingerprint density at radius 1 is 1.64 bits per heavy atom. The first-order valence-corrected chi connectivity index (χ1v) is 4.52. The van der Waals surface area contributed by atoms with E-state index in [1.807, 2.05) is 6.07 Å². The van der Waals surface area contributed by atoms with Crippen LogP contribution in [-0.4, -0.2) is 28.6 Å². The van der Waals surface area contributed by atoms with Gasteiger partial charge in [-0.05, 0) is 19.1 Å². The Hall–Kier alpha value is -1.42. The standard InChI is InChI=1S/C10H14N2O2/c1-8(7-13)12-10(14)6-9-4-2-3-5-11-9/h2-5,8,13H,6-7H2,1H3,(H,12,14)/t8-/m0/s1. The summed E-state index contributed by atoms with van der Waals surface area (Å²) in [5, 5.41) is 11.4. The molecule has 0 aliphatic heterocycles. The van der Waals surface area contributed by atoms with Gasteiger partial charge in [0.1, 0.15) is 0 Å². The molecule has 2 N–H and O–H groups in total. The summed E-state index contributed by atoms with van der Waals surface area (Å²) >= 11 is 0. The minimum Gasteiger partial charge on any atom is -0.394 e. The van der Waals surface area contributed by atoms with Crippen LogP contribution in [0.25, 0.3) is 0 Å². The number of nitrogens with zero attached hydrogens (tertiary/aromatic N) is 1. The summed E-state index contributed by atoms with van der Waals surface area (Å²) in [6, 6.07) is 5.23. The van der Waals surface area contributed by atoms with Crippen molar-refractivity contribution in [2.75, 3.05) is 6.61 Å². The zero-order valence-corrected chi connectivity index (χ0v) is 8.10. The number of amides is 1. The number of aliphatic hydroxyl groups excluding tert-OH is 1. The molecule has 0 aliphatic carbocycles. The zero-order valence-electron chi connectivity index (χ0n) is 8.10. The first kappa shape index (κ1) is 10.7. The van der Waals surface area contributed by atoms with Gasteiger partial charge < -0.3 is 10.4 Å². The summed E-state index contributed by atoms with van der Waals surface area (Å²) in [6.45, 7) is 1.70. The predicted molar refractivity (Wildman–Crippen MR) is 52.6 cm³/mol. The second-order valence-corrected chi connectivity index (χ2v) is 3.15. The van der Waals surface area contributed by atoms with Crippen molar-refractivity contribution in [1.82, 2.24) is 10.3 Å². The average molecular weight is 194 g/mol. The van der Waals surface area contributed by atoms with Crippen LogP contribution in [0.3, 0.4) is 0 Å². The van der Waals surface area contributed by atoms with E-state index in [1.54, 1.807) is 25.3 Å². The van der Waals surface area contributed by atoms with Gasteiger partial charge in [0.15, 0.2) is 0 Å². The molecular weight excluding hydrogens is 180 g/mol. The fraction of sp³-hybridized carbons (Fsp3) is 0.400. The van der Waals surface area contributed by atoms with Gasteiger partial charge in [0, 0.05) is 17.9 Å². The lowest BCUT2D eigenvalue weighted by atomic mass is 10.2. The third kappa shape index (κ3) is 3.53. The second kappa shape index (κ2) is 5.34. The number of aliphatic hydroxyl groups is 1. The van der Waals surface area contributed by atoms with E-state index in [0.29, 0.717) is 0 Å². The van der Waals surface area contributed by atoms with Crippen LogP contribution in [-0.2, 0) is 11.2 Å². The molecule has 0 saturated heterocycles. The number of carbonyl (C=O) groups excluding carboxylic acids is 1. The van der Waals surface area contributed by atoms with E-state index in [9.17, 15) is 4.79 Å². The molecule has 1 aromatic heterocycles. The van der Waals surface area contributed by atoms with Crippen LogP contribution in [0.1, 0.15) is 12.6 Å². The molecule has 4 heteroatoms. The van der Waals surface area contributed by atoms with Crippen molar-refractivity contribution in [2.24, 2.45) is 0 Å². The van der Waals surface area contributed by atoms with Crippen LogP contribution in [0, 0.1) is 0 Å². The molecule has 14 heavy (non-hydrogen) atoms. The first-order chi connectivity index (χ1) is 6.72. The van der Waals surface area contributed by atoms with Crippen LogP contribution in [0.4, 0.5) is 0 Å². The maximum atomic E-state index is 11.3. The topological polar surface area (TPSA) is 62.2 Å². The lowest BCUT2D eigenvalue weighted by Gasteiger charge is -2.09. The molecule has 0 radical (unpaired) electrons. The molecule has 0 fully saturated rings. The molecule has 1 rings (SSSR count). The molecule has 1 amide bonds. The lowest BCUT2D eigenvalue weighted by molar-refractivity contribution is -0.121. The Balaban J connectivity index is 2.42. The van der Waals surface area contributed by atoms with Gasteiger partial charge in [-0.1, -0.05) is 6.07 Å². The number of rotatable bonds is 4. The van der Waals surface area contributed by atoms with Gasteiger partial charge in [-0.15, -0.1) is 0 Å². The minimum atomic E-state index is -0.203. The Morgan fingerprint density at radius 2 is 2.43 bits per heavy atom. The number of hydrogen-bond acceptors (Lipinski definition) is 3. The molecule has 1 atom stereocenters. The molecule has 76 valence electrons. The zero-order chi connectivity index (χ0) is 10.4. The van der Waals surface area contributed by atoms with Crippen molar-refractivity contribution < 1.29 is 9.90 Å². The van der Waals surface area contributed by atoms with E-state index in [4.69, 9.17) is 5.11 Å². The predicted octanol–water partition coefficient (Wildman–Crippen LogP) is 0.121. The molecule has 1 heterocycles. The van der Waals surface area contributed by atoms with Gasteiger partial charge in [-0.25, -0.2) is 0 Å². The largest absolute Gasteiger partial charge is 0.394 e. The summed E-state index contributed by atoms with van der Waals surface area (Å²) < 4.78 is 0. The van der Waals surface area contributed by atoms with Gasteiger partial charge in [0.25, 0.3) is 0 Å². The SMILES string of the molecule is C[C@@H](CO)NC(=O)Cc1ccccn1. The molecule has 0 spiro atoms. The minimum absolute atomic E-state index is 0.0477. The fourth-order valence-corrected chi connectivity index (χ4v) is 1.04. The molecular formula is C10H14N2O2. The number of carbonyl (C=O) groups is 1. The molecule has 0 aromatic carbocycles. The van der Waals surface area contributed by atoms with E-state index in [1.165, 1.54) is 0 Å². The summed E-state index contributed by atoms with van der Waals surface area (Å²) in [7, 11) is 0. The summed E-state index contributed by atoms with van der Waals surface area (Å²) in [4.78, 5) is 15.3. The maximum Gasteiger partial charge on any atom is 0.226 e. The Bertz CT molecular complexity index is 287. The van der Waals surface area contributed by atoms with Crippen molar-refractivity contribution in [1.29, 1.82) is 0 Å². The highest BCUT2D eigenvalue weighted by Gasteiger charge is 2.06. The highest BCUT2D eigenvalue weighted by atomic mass is 16.3. The van der Waals surface area contributed by atoms with Crippen LogP contribution in [0.5, 0.6) is 0 Å². The fourth-order valence-electron chi connectivity index (χ4n) is 1.04. The summed E-state index contributed by atoms with van der Waals surface area (Å²) in [6.07, 6.45) is 1.91. The van der Waals surface area contributed by atoms with Crippen LogP contribution in [0.2, 0.25) is 0 Å². The highest BCUT2D eigenvalue weighted by molar-refractivity contribution is 5.78. The number of nitrogens with one attached hydrogen (secondary N) is 1. The van der Waals surface area contributed by atoms with Crippen LogP contribution in [0.15, 0.2) is 24.4 Å². The van der Waals surface area contributed by atoms with E-state index in [0.717, 1.165) is 5.69 Å². The first-order valence-electron chi connectivity index (χ1n) is 4.52. The summed E-state index contributed by atoms with van der Waals surface area (Å²) in [5.74, 6) is -0.120. The third-order valence-electron chi connectivity index (χ3n) is 1.75. The number of aromatic nitrogens is 1. The molecule has 1 aromatic rings. The number of hydrogen-bond donors (Lipinski definition) is 2. The van der Waals surface area contributed by atoms with E-state index in [-0.39, 0.29) is 25.0 Å². The molecule has 0 saturated carbocycles. The van der Waals surface area contributed by atoms with Crippen molar-refractivity contribution in [3.63, 3.8) is 0 Å². The third-order valence-corrected chi connectivity index (χ3v) is 1.75. The monoisotopic (exact) mass is 194 g/mol. The average Bonchev–Trinajstić information content (AvgIpc) is 2.19. The summed E-state index contributed by atoms with van der Waals surface area (Å²) in [5.41, 5.74) is 0.732. The Labute approximate surface area is 83.0 Å². The van der Waals surface area contributed by atoms with Gasteiger partial charge in [-0.3, -0.25) is 9.78 Å². The Kier molecular flexibility index (Phi) is 4.07. The van der Waals surface area contributed by atoms with Gasteiger partial charge in [-0.2, -0.15) is 0 Å². The Morgan fingerprint density at radius 3 is 3.00 bits per heavy atom. The number of pyridine rings is 1. The highest BCUT2D eigenvalue weighted by Crippen LogP contribution is 1.94. The van der Waals surface area contributed by atoms with Gasteiger partial charge in [0.05, 0.1) is 13.0 Å². The van der Waals surface area contributed by atoms with E-state index < -0.39 is 0 Å². The van der Waals surface area contributed by atoms with Crippen molar-refractivity contribution in [2.45, 2.75) is 19.4 Å². The molecule has 4 nitrogen and oxygen atoms in total. The lowest BCUT2D eigenvalue weighted by Crippen LogP contribution is -2.36.